The van der Waals surface area contributed by atoms with E-state index in [0.717, 1.165) is 22.5 Å². The molecule has 27 heavy (non-hydrogen) atoms. The fourth-order valence-corrected chi connectivity index (χ4v) is 2.72. The highest BCUT2D eigenvalue weighted by molar-refractivity contribution is 5.82. The molecule has 2 N–H and O–H groups in total. The molecule has 4 rings (SSSR count). The van der Waals surface area contributed by atoms with E-state index >= 15 is 0 Å². The molecule has 1 aliphatic carbocycles. The van der Waals surface area contributed by atoms with Crippen LogP contribution in [0.4, 0.5) is 10.8 Å². The van der Waals surface area contributed by atoms with E-state index in [4.69, 9.17) is 4.42 Å². The molecule has 2 heterocycles. The molecule has 0 spiro atoms. The molecule has 2 aromatic rings. The van der Waals surface area contributed by atoms with E-state index in [1.165, 1.54) is 6.34 Å². The van der Waals surface area contributed by atoms with Crippen LogP contribution in [0.1, 0.15) is 6.42 Å². The normalized spacial score (nSPS) is 19.9. The summed E-state index contributed by atoms with van der Waals surface area (Å²) in [6.45, 7) is 0.564. The van der Waals surface area contributed by atoms with Crippen LogP contribution in [-0.2, 0) is 0 Å². The summed E-state index contributed by atoms with van der Waals surface area (Å²) < 4.78 is 5.69. The summed E-state index contributed by atoms with van der Waals surface area (Å²) in [5.41, 5.74) is 3.12. The number of benzene rings is 1. The Bertz CT molecular complexity index is 966. The van der Waals surface area contributed by atoms with Gasteiger partial charge in [0.05, 0.1) is 6.54 Å². The van der Waals surface area contributed by atoms with Crippen LogP contribution in [-0.4, -0.2) is 41.7 Å². The number of para-hydroxylation sites is 2. The molecule has 0 unspecified atom stereocenters. The van der Waals surface area contributed by atoms with E-state index in [0.29, 0.717) is 19.0 Å². The quantitative estimate of drug-likeness (QED) is 0.877. The maximum Gasteiger partial charge on any atom is 0.323 e. The van der Waals surface area contributed by atoms with Gasteiger partial charge in [-0.2, -0.15) is 4.98 Å². The van der Waals surface area contributed by atoms with Crippen LogP contribution in [0.15, 0.2) is 74.4 Å². The Morgan fingerprint density at radius 2 is 2.11 bits per heavy atom. The molecule has 1 aromatic carbocycles. The van der Waals surface area contributed by atoms with E-state index in [9.17, 15) is 4.79 Å². The minimum Gasteiger partial charge on any atom is -0.423 e. The molecule has 0 fully saturated rings. The third-order valence-electron chi connectivity index (χ3n) is 4.02. The smallest absolute Gasteiger partial charge is 0.323 e. The lowest BCUT2D eigenvalue weighted by molar-refractivity contribution is 0.215. The van der Waals surface area contributed by atoms with E-state index < -0.39 is 0 Å². The van der Waals surface area contributed by atoms with Crippen LogP contribution in [0.3, 0.4) is 0 Å². The van der Waals surface area contributed by atoms with Crippen molar-refractivity contribution >= 4 is 35.7 Å². The molecule has 2 aliphatic rings. The first-order valence-electron chi connectivity index (χ1n) is 8.56. The van der Waals surface area contributed by atoms with Gasteiger partial charge in [0.2, 0.25) is 0 Å². The third kappa shape index (κ3) is 3.95. The number of amides is 2. The molecule has 8 nitrogen and oxygen atoms in total. The van der Waals surface area contributed by atoms with Gasteiger partial charge in [-0.05, 0) is 30.7 Å². The number of carbonyl (C=O) groups excluding carboxylic acids is 1. The second-order valence-electron chi connectivity index (χ2n) is 5.85. The molecule has 0 radical (unpaired) electrons. The summed E-state index contributed by atoms with van der Waals surface area (Å²) in [5.74, 6) is 0. The molecule has 136 valence electrons. The first kappa shape index (κ1) is 16.8. The van der Waals surface area contributed by atoms with Gasteiger partial charge in [-0.15, -0.1) is 0 Å². The van der Waals surface area contributed by atoms with Crippen LogP contribution in [0.5, 0.6) is 0 Å². The fraction of sp³-hybridized carbons (Fsp3) is 0.158. The average Bonchev–Trinajstić information content (AvgIpc) is 2.99. The van der Waals surface area contributed by atoms with Crippen molar-refractivity contribution in [2.45, 2.75) is 6.42 Å². The Balaban J connectivity index is 1.48. The van der Waals surface area contributed by atoms with Crippen LogP contribution in [0.2, 0.25) is 0 Å². The number of hydrogen-bond donors (Lipinski definition) is 2. The van der Waals surface area contributed by atoms with Gasteiger partial charge in [-0.3, -0.25) is 9.89 Å². The lowest BCUT2D eigenvalue weighted by Crippen LogP contribution is -2.39. The summed E-state index contributed by atoms with van der Waals surface area (Å²) >= 11 is 0. The van der Waals surface area contributed by atoms with Crippen LogP contribution >= 0.6 is 0 Å². The lowest BCUT2D eigenvalue weighted by Gasteiger charge is -2.21. The number of hydrogen-bond acceptors (Lipinski definition) is 6. The average molecular weight is 362 g/mol. The first-order chi connectivity index (χ1) is 13.3. The number of fused-ring (bicyclic) bond motifs is 1. The van der Waals surface area contributed by atoms with Gasteiger partial charge in [0.15, 0.2) is 5.58 Å². The van der Waals surface area contributed by atoms with Crippen LogP contribution < -0.4 is 10.6 Å². The third-order valence-corrected chi connectivity index (χ3v) is 4.02. The zero-order chi connectivity index (χ0) is 18.5. The molecular weight excluding hydrogens is 344 g/mol. The predicted molar refractivity (Wildman–Crippen MR) is 105 cm³/mol. The number of carbonyl (C=O) groups is 1. The summed E-state index contributed by atoms with van der Waals surface area (Å²) in [4.78, 5) is 26.4. The van der Waals surface area contributed by atoms with Gasteiger partial charge in [0, 0.05) is 17.6 Å². The predicted octanol–water partition coefficient (Wildman–Crippen LogP) is 3.05. The highest BCUT2D eigenvalue weighted by atomic mass is 16.4. The Morgan fingerprint density at radius 3 is 3.04 bits per heavy atom. The molecular formula is C19H18N6O2. The van der Waals surface area contributed by atoms with E-state index in [-0.39, 0.29) is 12.7 Å². The van der Waals surface area contributed by atoms with Crippen molar-refractivity contribution in [3.63, 3.8) is 0 Å². The molecule has 0 bridgehead atoms. The van der Waals surface area contributed by atoms with Gasteiger partial charge in [0.25, 0.3) is 6.01 Å². The Kier molecular flexibility index (Phi) is 4.78. The minimum atomic E-state index is -0.216. The molecule has 0 atom stereocenters. The summed E-state index contributed by atoms with van der Waals surface area (Å²) in [6, 6.07) is 7.80. The summed E-state index contributed by atoms with van der Waals surface area (Å²) in [7, 11) is 0. The van der Waals surface area contributed by atoms with Crippen molar-refractivity contribution in [3.05, 3.63) is 60.0 Å². The Morgan fingerprint density at radius 1 is 1.19 bits per heavy atom. The molecule has 1 aromatic heterocycles. The molecule has 0 saturated heterocycles. The van der Waals surface area contributed by atoms with Crippen LogP contribution in [0, 0.1) is 0 Å². The van der Waals surface area contributed by atoms with Crippen molar-refractivity contribution in [3.8, 4) is 0 Å². The largest absolute Gasteiger partial charge is 0.423 e. The monoisotopic (exact) mass is 362 g/mol. The number of allylic oxidation sites excluding steroid dienone is 4. The van der Waals surface area contributed by atoms with E-state index in [1.807, 2.05) is 48.6 Å². The van der Waals surface area contributed by atoms with Gasteiger partial charge in [-0.25, -0.2) is 9.79 Å². The highest BCUT2D eigenvalue weighted by Gasteiger charge is 2.16. The SMILES string of the molecule is O=C1NC/C=N\C=N/CN1C1=CCC=C(Nc2nc3ccccc3o2)C=C1. The first-order valence-corrected chi connectivity index (χ1v) is 8.56. The fourth-order valence-electron chi connectivity index (χ4n) is 2.72. The molecule has 8 heteroatoms. The van der Waals surface area contributed by atoms with Crippen molar-refractivity contribution in [1.29, 1.82) is 0 Å². The Labute approximate surface area is 155 Å². The van der Waals surface area contributed by atoms with E-state index in [1.54, 1.807) is 11.1 Å². The topological polar surface area (TPSA) is 95.1 Å². The second-order valence-corrected chi connectivity index (χ2v) is 5.85. The number of nitrogens with one attached hydrogen (secondary N) is 2. The number of aromatic nitrogens is 1. The van der Waals surface area contributed by atoms with Crippen molar-refractivity contribution in [2.24, 2.45) is 9.98 Å². The maximum absolute atomic E-state index is 12.4. The molecule has 0 saturated carbocycles. The zero-order valence-corrected chi connectivity index (χ0v) is 14.5. The van der Waals surface area contributed by atoms with E-state index in [2.05, 4.69) is 25.6 Å². The number of rotatable bonds is 3. The lowest BCUT2D eigenvalue weighted by atomic mass is 10.3. The number of nitrogens with zero attached hydrogens (tertiary/aromatic N) is 4. The summed E-state index contributed by atoms with van der Waals surface area (Å²) in [5, 5.41) is 5.96. The molecule has 1 aliphatic heterocycles. The number of aliphatic imine (C=N–C) groups is 2. The Hall–Kier alpha value is -3.68. The number of oxazole rings is 1. The minimum absolute atomic E-state index is 0.202. The van der Waals surface area contributed by atoms with Gasteiger partial charge in [-0.1, -0.05) is 24.3 Å². The number of anilines is 1. The summed E-state index contributed by atoms with van der Waals surface area (Å²) in [6.07, 6.45) is 11.4. The maximum atomic E-state index is 12.4. The van der Waals surface area contributed by atoms with Crippen molar-refractivity contribution in [2.75, 3.05) is 18.5 Å². The van der Waals surface area contributed by atoms with Gasteiger partial charge >= 0.3 is 6.03 Å². The number of urea groups is 1. The van der Waals surface area contributed by atoms with Crippen molar-refractivity contribution in [1.82, 2.24) is 15.2 Å². The highest BCUT2D eigenvalue weighted by Crippen LogP contribution is 2.21. The van der Waals surface area contributed by atoms with Crippen LogP contribution in [0.25, 0.3) is 11.1 Å². The standard InChI is InChI=1S/C19H18N6O2/c26-19-22-11-10-20-12-21-13-25(19)15-5-3-4-14(8-9-15)23-18-24-16-6-1-2-7-17(16)27-18/h1-2,4-10,12H,3,11,13H2,(H,22,26)(H,23,24)/b20-10-,21-12-. The second kappa shape index (κ2) is 7.69. The van der Waals surface area contributed by atoms with Crippen molar-refractivity contribution < 1.29 is 9.21 Å². The van der Waals surface area contributed by atoms with Gasteiger partial charge < -0.3 is 15.1 Å². The molecule has 2 amide bonds. The zero-order valence-electron chi connectivity index (χ0n) is 14.5. The van der Waals surface area contributed by atoms with Gasteiger partial charge in [0.1, 0.15) is 18.5 Å².